The van der Waals surface area contributed by atoms with E-state index in [0.717, 1.165) is 11.3 Å². The molecule has 1 saturated heterocycles. The Kier molecular flexibility index (Phi) is 8.25. The van der Waals surface area contributed by atoms with Gasteiger partial charge in [-0.05, 0) is 50.8 Å². The molecule has 0 spiro atoms. The summed E-state index contributed by atoms with van der Waals surface area (Å²) in [5, 5.41) is 9.80. The monoisotopic (exact) mass is 390 g/mol. The molecule has 0 aromatic heterocycles. The van der Waals surface area contributed by atoms with Gasteiger partial charge in [0.1, 0.15) is 18.0 Å². The minimum Gasteiger partial charge on any atom is -0.497 e. The van der Waals surface area contributed by atoms with Crippen molar-refractivity contribution in [1.29, 1.82) is 0 Å². The summed E-state index contributed by atoms with van der Waals surface area (Å²) in [5.74, 6) is 0.149. The Hall–Kier alpha value is -1.66. The summed E-state index contributed by atoms with van der Waals surface area (Å²) < 4.78 is 23.7. The van der Waals surface area contributed by atoms with Crippen LogP contribution in [0.1, 0.15) is 39.7 Å². The predicted octanol–water partition coefficient (Wildman–Crippen LogP) is 4.25. The van der Waals surface area contributed by atoms with Crippen LogP contribution in [-0.4, -0.2) is 42.4 Å². The third-order valence-corrected chi connectivity index (χ3v) is 4.91. The highest BCUT2D eigenvalue weighted by Crippen LogP contribution is 2.33. The Morgan fingerprint density at radius 2 is 1.86 bits per heavy atom. The van der Waals surface area contributed by atoms with Crippen molar-refractivity contribution >= 4 is 0 Å². The Labute approximate surface area is 168 Å². The van der Waals surface area contributed by atoms with Crippen LogP contribution in [0.5, 0.6) is 5.75 Å². The second-order valence-corrected chi connectivity index (χ2v) is 7.77. The standard InChI is InChI=1S/C23H34O5/c1-7-8-21-22(28-23(4,5)27-21)20(14-9-16(2)17(3)24)26-15-18-10-12-19(25-6)13-11-18/h7,9-14,16-17,20-22,24H,1,8,15H2,2-6H3/b14-9-/t16-,17+,20-,21+,22-/m1/s1. The number of hydrogen-bond donors (Lipinski definition) is 1. The van der Waals surface area contributed by atoms with E-state index in [1.54, 1.807) is 14.0 Å². The van der Waals surface area contributed by atoms with Crippen LogP contribution in [0.15, 0.2) is 49.1 Å². The van der Waals surface area contributed by atoms with Gasteiger partial charge in [-0.25, -0.2) is 0 Å². The zero-order valence-electron chi connectivity index (χ0n) is 17.6. The third kappa shape index (κ3) is 6.45. The summed E-state index contributed by atoms with van der Waals surface area (Å²) in [6.07, 6.45) is 5.33. The molecule has 1 N–H and O–H groups in total. The molecule has 0 radical (unpaired) electrons. The SMILES string of the molecule is C=CC[C@@H]1OC(C)(C)O[C@@H]1[C@@H](/C=C\[C@@H](C)[C@H](C)O)OCc1ccc(OC)cc1. The van der Waals surface area contributed by atoms with E-state index >= 15 is 0 Å². The van der Waals surface area contributed by atoms with Crippen LogP contribution in [-0.2, 0) is 20.8 Å². The third-order valence-electron chi connectivity index (χ3n) is 4.91. The Morgan fingerprint density at radius 1 is 1.18 bits per heavy atom. The molecule has 0 unspecified atom stereocenters. The lowest BCUT2D eigenvalue weighted by Crippen LogP contribution is -2.36. The average Bonchev–Trinajstić information content (AvgIpc) is 2.96. The smallest absolute Gasteiger partial charge is 0.163 e. The Bertz CT molecular complexity index is 635. The molecule has 5 heteroatoms. The van der Waals surface area contributed by atoms with Crippen molar-refractivity contribution in [3.63, 3.8) is 0 Å². The fourth-order valence-corrected chi connectivity index (χ4v) is 3.11. The molecule has 156 valence electrons. The van der Waals surface area contributed by atoms with E-state index in [-0.39, 0.29) is 24.2 Å². The number of methoxy groups -OCH3 is 1. The van der Waals surface area contributed by atoms with Crippen LogP contribution < -0.4 is 4.74 Å². The van der Waals surface area contributed by atoms with Gasteiger partial charge in [0, 0.05) is 0 Å². The van der Waals surface area contributed by atoms with Crippen molar-refractivity contribution in [1.82, 2.24) is 0 Å². The molecule has 1 heterocycles. The highest BCUT2D eigenvalue weighted by molar-refractivity contribution is 5.26. The first-order valence-corrected chi connectivity index (χ1v) is 9.83. The first kappa shape index (κ1) is 22.6. The van der Waals surface area contributed by atoms with Gasteiger partial charge in [-0.1, -0.05) is 37.3 Å². The number of aliphatic hydroxyl groups excluding tert-OH is 1. The minimum absolute atomic E-state index is 0.0141. The van der Waals surface area contributed by atoms with Crippen LogP contribution >= 0.6 is 0 Å². The molecule has 5 nitrogen and oxygen atoms in total. The summed E-state index contributed by atoms with van der Waals surface area (Å²) in [7, 11) is 1.65. The van der Waals surface area contributed by atoms with Crippen molar-refractivity contribution < 1.29 is 24.1 Å². The predicted molar refractivity (Wildman–Crippen MR) is 110 cm³/mol. The highest BCUT2D eigenvalue weighted by Gasteiger charge is 2.44. The zero-order valence-corrected chi connectivity index (χ0v) is 17.6. The van der Waals surface area contributed by atoms with E-state index < -0.39 is 11.9 Å². The number of aliphatic hydroxyl groups is 1. The fraction of sp³-hybridized carbons (Fsp3) is 0.565. The molecule has 0 aliphatic carbocycles. The molecule has 1 aliphatic heterocycles. The molecule has 0 bridgehead atoms. The molecule has 28 heavy (non-hydrogen) atoms. The molecule has 2 rings (SSSR count). The normalized spacial score (nSPS) is 24.8. The van der Waals surface area contributed by atoms with E-state index in [2.05, 4.69) is 6.58 Å². The molecule has 1 aromatic rings. The first-order valence-electron chi connectivity index (χ1n) is 9.83. The lowest BCUT2D eigenvalue weighted by atomic mass is 10.0. The summed E-state index contributed by atoms with van der Waals surface area (Å²) >= 11 is 0. The topological polar surface area (TPSA) is 57.2 Å². The first-order chi connectivity index (χ1) is 13.3. The van der Waals surface area contributed by atoms with Gasteiger partial charge >= 0.3 is 0 Å². The van der Waals surface area contributed by atoms with E-state index in [9.17, 15) is 5.11 Å². The van der Waals surface area contributed by atoms with Crippen LogP contribution in [0.2, 0.25) is 0 Å². The van der Waals surface area contributed by atoms with Crippen molar-refractivity contribution in [3.05, 3.63) is 54.6 Å². The van der Waals surface area contributed by atoms with Gasteiger partial charge < -0.3 is 24.1 Å². The molecule has 0 amide bonds. The van der Waals surface area contributed by atoms with Crippen LogP contribution in [0.3, 0.4) is 0 Å². The average molecular weight is 391 g/mol. The second kappa shape index (κ2) is 10.2. The maximum atomic E-state index is 9.80. The van der Waals surface area contributed by atoms with E-state index in [4.69, 9.17) is 18.9 Å². The molecule has 1 fully saturated rings. The van der Waals surface area contributed by atoms with Crippen molar-refractivity contribution in [3.8, 4) is 5.75 Å². The van der Waals surface area contributed by atoms with Crippen molar-refractivity contribution in [2.24, 2.45) is 5.92 Å². The van der Waals surface area contributed by atoms with Gasteiger partial charge in [0.25, 0.3) is 0 Å². The number of ether oxygens (including phenoxy) is 4. The van der Waals surface area contributed by atoms with Gasteiger partial charge in [0.05, 0.1) is 25.9 Å². The van der Waals surface area contributed by atoms with Gasteiger partial charge in [0.2, 0.25) is 0 Å². The maximum Gasteiger partial charge on any atom is 0.163 e. The van der Waals surface area contributed by atoms with Crippen LogP contribution in [0.4, 0.5) is 0 Å². The van der Waals surface area contributed by atoms with Gasteiger partial charge in [0.15, 0.2) is 5.79 Å². The number of benzene rings is 1. The molecular formula is C23H34O5. The van der Waals surface area contributed by atoms with Gasteiger partial charge in [-0.3, -0.25) is 0 Å². The van der Waals surface area contributed by atoms with Gasteiger partial charge in [-0.15, -0.1) is 6.58 Å². The molecule has 1 aromatic carbocycles. The van der Waals surface area contributed by atoms with Gasteiger partial charge in [-0.2, -0.15) is 0 Å². The minimum atomic E-state index is -0.677. The fourth-order valence-electron chi connectivity index (χ4n) is 3.11. The van der Waals surface area contributed by atoms with Crippen molar-refractivity contribution in [2.45, 2.75) is 70.9 Å². The van der Waals surface area contributed by atoms with Crippen LogP contribution in [0.25, 0.3) is 0 Å². The summed E-state index contributed by atoms with van der Waals surface area (Å²) in [4.78, 5) is 0. The van der Waals surface area contributed by atoms with E-state index in [1.807, 2.05) is 63.3 Å². The number of rotatable bonds is 10. The zero-order chi connectivity index (χ0) is 20.7. The molecule has 1 aliphatic rings. The molecule has 0 saturated carbocycles. The highest BCUT2D eigenvalue weighted by atomic mass is 16.8. The summed E-state index contributed by atoms with van der Waals surface area (Å²) in [6, 6.07) is 7.79. The lowest BCUT2D eigenvalue weighted by Gasteiger charge is -2.25. The number of hydrogen-bond acceptors (Lipinski definition) is 5. The summed E-state index contributed by atoms with van der Waals surface area (Å²) in [6.45, 7) is 11.8. The maximum absolute atomic E-state index is 9.80. The van der Waals surface area contributed by atoms with E-state index in [0.29, 0.717) is 13.0 Å². The molecule has 5 atom stereocenters. The largest absolute Gasteiger partial charge is 0.497 e. The second-order valence-electron chi connectivity index (χ2n) is 7.77. The van der Waals surface area contributed by atoms with Crippen LogP contribution in [0, 0.1) is 5.92 Å². The quantitative estimate of drug-likeness (QED) is 0.605. The Morgan fingerprint density at radius 3 is 2.43 bits per heavy atom. The lowest BCUT2D eigenvalue weighted by molar-refractivity contribution is -0.156. The van der Waals surface area contributed by atoms with Crippen molar-refractivity contribution in [2.75, 3.05) is 7.11 Å². The van der Waals surface area contributed by atoms with E-state index in [1.165, 1.54) is 0 Å². The Balaban J connectivity index is 2.16. The molecular weight excluding hydrogens is 356 g/mol. The summed E-state index contributed by atoms with van der Waals surface area (Å²) in [5.41, 5.74) is 1.04.